The van der Waals surface area contributed by atoms with E-state index in [0.29, 0.717) is 11.0 Å². The van der Waals surface area contributed by atoms with E-state index in [0.717, 1.165) is 22.5 Å². The monoisotopic (exact) mass is 415 g/mol. The average Bonchev–Trinajstić information content (AvgIpc) is 3.19. The second kappa shape index (κ2) is 8.92. The van der Waals surface area contributed by atoms with E-state index >= 15 is 0 Å². The number of aromatic nitrogens is 4. The zero-order chi connectivity index (χ0) is 20.9. The molecule has 0 saturated heterocycles. The lowest BCUT2D eigenvalue weighted by Gasteiger charge is -2.11. The summed E-state index contributed by atoms with van der Waals surface area (Å²) in [5.41, 5.74) is 4.96. The number of aryl methyl sites for hydroxylation is 2. The number of pyridine rings is 1. The zero-order valence-corrected chi connectivity index (χ0v) is 17.6. The van der Waals surface area contributed by atoms with Gasteiger partial charge in [0.15, 0.2) is 11.0 Å². The Bertz CT molecular complexity index is 1140. The Morgan fingerprint density at radius 1 is 0.900 bits per heavy atom. The van der Waals surface area contributed by atoms with Crippen LogP contribution in [0.5, 0.6) is 0 Å². The molecule has 0 aliphatic carbocycles. The number of thioether (sulfide) groups is 1. The molecule has 2 aromatic carbocycles. The molecule has 0 radical (unpaired) electrons. The lowest BCUT2D eigenvalue weighted by molar-refractivity contribution is -0.113. The Labute approximate surface area is 179 Å². The number of carbonyl (C=O) groups is 1. The summed E-state index contributed by atoms with van der Waals surface area (Å²) in [7, 11) is 0. The summed E-state index contributed by atoms with van der Waals surface area (Å²) in [5.74, 6) is 0.851. The molecule has 7 heteroatoms. The van der Waals surface area contributed by atoms with Gasteiger partial charge in [-0.2, -0.15) is 0 Å². The third kappa shape index (κ3) is 4.58. The van der Waals surface area contributed by atoms with Crippen LogP contribution in [0, 0.1) is 13.8 Å². The van der Waals surface area contributed by atoms with Gasteiger partial charge in [0.1, 0.15) is 0 Å². The van der Waals surface area contributed by atoms with Crippen LogP contribution in [-0.4, -0.2) is 31.4 Å². The second-order valence-electron chi connectivity index (χ2n) is 6.92. The number of carbonyl (C=O) groups excluding carboxylic acids is 1. The SMILES string of the molecule is Cc1ccc(NC(=O)CSc2nnc(-c3ccncc3)n2-c2ccc(C)cc2)cc1. The van der Waals surface area contributed by atoms with Gasteiger partial charge in [-0.15, -0.1) is 10.2 Å². The van der Waals surface area contributed by atoms with E-state index in [4.69, 9.17) is 0 Å². The molecular formula is C23H21N5OS. The molecule has 6 nitrogen and oxygen atoms in total. The van der Waals surface area contributed by atoms with E-state index < -0.39 is 0 Å². The topological polar surface area (TPSA) is 72.7 Å². The number of anilines is 1. The fourth-order valence-electron chi connectivity index (χ4n) is 2.94. The molecule has 2 heterocycles. The molecule has 0 fully saturated rings. The zero-order valence-electron chi connectivity index (χ0n) is 16.7. The van der Waals surface area contributed by atoms with Crippen molar-refractivity contribution in [3.05, 3.63) is 84.2 Å². The van der Waals surface area contributed by atoms with E-state index in [9.17, 15) is 4.79 Å². The molecule has 1 N–H and O–H groups in total. The molecule has 1 amide bonds. The highest BCUT2D eigenvalue weighted by Gasteiger charge is 2.17. The van der Waals surface area contributed by atoms with E-state index in [1.165, 1.54) is 17.3 Å². The third-order valence-corrected chi connectivity index (χ3v) is 5.46. The van der Waals surface area contributed by atoms with Crippen LogP contribution in [0.1, 0.15) is 11.1 Å². The van der Waals surface area contributed by atoms with Crippen LogP contribution in [0.3, 0.4) is 0 Å². The maximum absolute atomic E-state index is 12.4. The Morgan fingerprint density at radius 3 is 2.20 bits per heavy atom. The first-order valence-corrected chi connectivity index (χ1v) is 10.5. The number of nitrogens with zero attached hydrogens (tertiary/aromatic N) is 4. The predicted octanol–water partition coefficient (Wildman–Crippen LogP) is 4.68. The van der Waals surface area contributed by atoms with E-state index in [2.05, 4.69) is 20.5 Å². The predicted molar refractivity (Wildman–Crippen MR) is 120 cm³/mol. The highest BCUT2D eigenvalue weighted by Crippen LogP contribution is 2.28. The fourth-order valence-corrected chi connectivity index (χ4v) is 3.69. The molecule has 0 saturated carbocycles. The van der Waals surface area contributed by atoms with Crippen molar-refractivity contribution in [1.82, 2.24) is 19.7 Å². The number of hydrogen-bond donors (Lipinski definition) is 1. The summed E-state index contributed by atoms with van der Waals surface area (Å²) in [5, 5.41) is 12.3. The van der Waals surface area contributed by atoms with Gasteiger partial charge >= 0.3 is 0 Å². The molecule has 0 atom stereocenters. The maximum Gasteiger partial charge on any atom is 0.234 e. The molecule has 0 bridgehead atoms. The first-order valence-electron chi connectivity index (χ1n) is 9.52. The fraction of sp³-hybridized carbons (Fsp3) is 0.130. The van der Waals surface area contributed by atoms with Crippen molar-refractivity contribution >= 4 is 23.4 Å². The van der Waals surface area contributed by atoms with E-state index in [-0.39, 0.29) is 11.7 Å². The van der Waals surface area contributed by atoms with Crippen LogP contribution in [0.25, 0.3) is 17.1 Å². The van der Waals surface area contributed by atoms with E-state index in [1.54, 1.807) is 12.4 Å². The van der Waals surface area contributed by atoms with Gasteiger partial charge in [0.2, 0.25) is 5.91 Å². The highest BCUT2D eigenvalue weighted by molar-refractivity contribution is 7.99. The molecule has 0 aliphatic heterocycles. The third-order valence-electron chi connectivity index (χ3n) is 4.53. The quantitative estimate of drug-likeness (QED) is 0.463. The Morgan fingerprint density at radius 2 is 1.53 bits per heavy atom. The molecule has 4 aromatic rings. The molecule has 0 spiro atoms. The van der Waals surface area contributed by atoms with Crippen LogP contribution >= 0.6 is 11.8 Å². The highest BCUT2D eigenvalue weighted by atomic mass is 32.2. The maximum atomic E-state index is 12.4. The lowest BCUT2D eigenvalue weighted by atomic mass is 10.2. The Balaban J connectivity index is 1.58. The molecule has 0 unspecified atom stereocenters. The molecule has 4 rings (SSSR count). The summed E-state index contributed by atoms with van der Waals surface area (Å²) >= 11 is 1.35. The summed E-state index contributed by atoms with van der Waals surface area (Å²) in [6.07, 6.45) is 3.46. The number of benzene rings is 2. The standard InChI is InChI=1S/C23H21N5OS/c1-16-3-7-19(8-4-16)25-21(29)15-30-23-27-26-22(18-11-13-24-14-12-18)28(23)20-9-5-17(2)6-10-20/h3-14H,15H2,1-2H3,(H,25,29). The van der Waals surface area contributed by atoms with Gasteiger partial charge in [0.05, 0.1) is 5.75 Å². The summed E-state index contributed by atoms with van der Waals surface area (Å²) in [6.45, 7) is 4.06. The van der Waals surface area contributed by atoms with Crippen LogP contribution in [0.15, 0.2) is 78.2 Å². The summed E-state index contributed by atoms with van der Waals surface area (Å²) < 4.78 is 1.97. The molecule has 30 heavy (non-hydrogen) atoms. The van der Waals surface area contributed by atoms with Crippen molar-refractivity contribution in [2.24, 2.45) is 0 Å². The van der Waals surface area contributed by atoms with Gasteiger partial charge in [-0.1, -0.05) is 47.2 Å². The molecular weight excluding hydrogens is 394 g/mol. The van der Waals surface area contributed by atoms with Crippen LogP contribution in [0.2, 0.25) is 0 Å². The molecule has 150 valence electrons. The van der Waals surface area contributed by atoms with Crippen molar-refractivity contribution in [2.75, 3.05) is 11.1 Å². The Kier molecular flexibility index (Phi) is 5.90. The number of nitrogens with one attached hydrogen (secondary N) is 1. The summed E-state index contributed by atoms with van der Waals surface area (Å²) in [4.78, 5) is 16.5. The van der Waals surface area contributed by atoms with Crippen molar-refractivity contribution in [3.63, 3.8) is 0 Å². The van der Waals surface area contributed by atoms with Crippen LogP contribution in [-0.2, 0) is 4.79 Å². The van der Waals surface area contributed by atoms with Crippen LogP contribution in [0.4, 0.5) is 5.69 Å². The van der Waals surface area contributed by atoms with Gasteiger partial charge in [-0.05, 0) is 50.2 Å². The molecule has 2 aromatic heterocycles. The minimum atomic E-state index is -0.0900. The van der Waals surface area contributed by atoms with Gasteiger partial charge in [-0.3, -0.25) is 14.3 Å². The van der Waals surface area contributed by atoms with Crippen molar-refractivity contribution in [2.45, 2.75) is 19.0 Å². The van der Waals surface area contributed by atoms with Gasteiger partial charge in [0.25, 0.3) is 0 Å². The second-order valence-corrected chi connectivity index (χ2v) is 7.86. The van der Waals surface area contributed by atoms with Crippen molar-refractivity contribution in [3.8, 4) is 17.1 Å². The van der Waals surface area contributed by atoms with Crippen molar-refractivity contribution in [1.29, 1.82) is 0 Å². The van der Waals surface area contributed by atoms with Gasteiger partial charge in [-0.25, -0.2) is 0 Å². The largest absolute Gasteiger partial charge is 0.325 e. The first kappa shape index (κ1) is 19.8. The van der Waals surface area contributed by atoms with Crippen LogP contribution < -0.4 is 5.32 Å². The van der Waals surface area contributed by atoms with Gasteiger partial charge in [0, 0.05) is 29.3 Å². The van der Waals surface area contributed by atoms with E-state index in [1.807, 2.05) is 79.1 Å². The first-order chi connectivity index (χ1) is 14.6. The Hall–Kier alpha value is -3.45. The summed E-state index contributed by atoms with van der Waals surface area (Å²) in [6, 6.07) is 19.7. The lowest BCUT2D eigenvalue weighted by Crippen LogP contribution is -2.14. The van der Waals surface area contributed by atoms with Gasteiger partial charge < -0.3 is 5.32 Å². The average molecular weight is 416 g/mol. The number of rotatable bonds is 6. The smallest absolute Gasteiger partial charge is 0.234 e. The normalized spacial score (nSPS) is 10.7. The number of amides is 1. The van der Waals surface area contributed by atoms with Crippen molar-refractivity contribution < 1.29 is 4.79 Å². The minimum absolute atomic E-state index is 0.0900. The minimum Gasteiger partial charge on any atom is -0.325 e. The number of hydrogen-bond acceptors (Lipinski definition) is 5. The molecule has 0 aliphatic rings.